The van der Waals surface area contributed by atoms with Gasteiger partial charge in [-0.15, -0.1) is 0 Å². The Hall–Kier alpha value is -2.51. The van der Waals surface area contributed by atoms with E-state index in [1.807, 2.05) is 0 Å². The van der Waals surface area contributed by atoms with E-state index in [-0.39, 0.29) is 23.3 Å². The molecule has 102 valence electrons. The van der Waals surface area contributed by atoms with Crippen molar-refractivity contribution < 1.29 is 19.4 Å². The van der Waals surface area contributed by atoms with Gasteiger partial charge < -0.3 is 4.74 Å². The second-order valence-corrected chi connectivity index (χ2v) is 3.78. The molecule has 0 amide bonds. The highest BCUT2D eigenvalue weighted by Crippen LogP contribution is 2.33. The molecule has 0 heterocycles. The van der Waals surface area contributed by atoms with Crippen molar-refractivity contribution in [3.05, 3.63) is 43.0 Å². The summed E-state index contributed by atoms with van der Waals surface area (Å²) < 4.78 is 4.73. The van der Waals surface area contributed by atoms with Crippen molar-refractivity contribution in [2.75, 3.05) is 6.61 Å². The van der Waals surface area contributed by atoms with Gasteiger partial charge in [-0.2, -0.15) is 0 Å². The number of nitro groups is 2. The average molecular weight is 268 g/mol. The quantitative estimate of drug-likeness (QED) is 0.470. The molecular weight excluding hydrogens is 256 g/mol. The van der Waals surface area contributed by atoms with Crippen LogP contribution in [0.15, 0.2) is 6.07 Å². The van der Waals surface area contributed by atoms with Gasteiger partial charge in [0.25, 0.3) is 11.4 Å². The highest BCUT2D eigenvalue weighted by atomic mass is 16.6. The molecule has 0 aliphatic rings. The topological polar surface area (TPSA) is 113 Å². The van der Waals surface area contributed by atoms with Crippen molar-refractivity contribution in [2.24, 2.45) is 0 Å². The second-order valence-electron chi connectivity index (χ2n) is 3.78. The molecule has 1 aromatic carbocycles. The van der Waals surface area contributed by atoms with E-state index in [1.54, 1.807) is 6.92 Å². The number of nitrogens with zero attached hydrogens (tertiary/aromatic N) is 2. The number of carbonyl (C=O) groups excluding carboxylic acids is 1. The van der Waals surface area contributed by atoms with Crippen LogP contribution < -0.4 is 0 Å². The van der Waals surface area contributed by atoms with E-state index in [9.17, 15) is 25.0 Å². The van der Waals surface area contributed by atoms with Gasteiger partial charge in [0.2, 0.25) is 0 Å². The molecular formula is C11H12N2O6. The first-order valence-corrected chi connectivity index (χ1v) is 5.41. The lowest BCUT2D eigenvalue weighted by Gasteiger charge is -2.08. The van der Waals surface area contributed by atoms with Crippen LogP contribution in [0, 0.1) is 34.1 Å². The molecule has 0 unspecified atom stereocenters. The van der Waals surface area contributed by atoms with Crippen LogP contribution >= 0.6 is 0 Å². The van der Waals surface area contributed by atoms with Crippen LogP contribution in [0.25, 0.3) is 0 Å². The highest BCUT2D eigenvalue weighted by Gasteiger charge is 2.29. The van der Waals surface area contributed by atoms with E-state index in [4.69, 9.17) is 4.74 Å². The van der Waals surface area contributed by atoms with Gasteiger partial charge in [-0.1, -0.05) is 0 Å². The lowest BCUT2D eigenvalue weighted by molar-refractivity contribution is -0.395. The number of hydrogen-bond donors (Lipinski definition) is 0. The Morgan fingerprint density at radius 3 is 2.21 bits per heavy atom. The SMILES string of the molecule is CCOC(=O)c1cc([N+](=O)[O-])c(C)c([N+](=O)[O-])c1C. The van der Waals surface area contributed by atoms with Crippen molar-refractivity contribution in [1.29, 1.82) is 0 Å². The third kappa shape index (κ3) is 2.67. The minimum absolute atomic E-state index is 0.0616. The molecule has 0 bridgehead atoms. The van der Waals surface area contributed by atoms with E-state index in [1.165, 1.54) is 13.8 Å². The van der Waals surface area contributed by atoms with E-state index < -0.39 is 27.2 Å². The average Bonchev–Trinajstić information content (AvgIpc) is 2.28. The van der Waals surface area contributed by atoms with E-state index in [2.05, 4.69) is 0 Å². The van der Waals surface area contributed by atoms with Gasteiger partial charge in [0.15, 0.2) is 0 Å². The summed E-state index contributed by atoms with van der Waals surface area (Å²) >= 11 is 0. The van der Waals surface area contributed by atoms with Crippen molar-refractivity contribution in [1.82, 2.24) is 0 Å². The van der Waals surface area contributed by atoms with Crippen LogP contribution in [0.3, 0.4) is 0 Å². The number of ether oxygens (including phenoxy) is 1. The third-order valence-electron chi connectivity index (χ3n) is 2.65. The lowest BCUT2D eigenvalue weighted by Crippen LogP contribution is -2.10. The molecule has 0 atom stereocenters. The Balaban J connectivity index is 3.62. The molecule has 0 aromatic heterocycles. The van der Waals surface area contributed by atoms with Gasteiger partial charge in [-0.05, 0) is 20.8 Å². The first-order valence-electron chi connectivity index (χ1n) is 5.41. The summed E-state index contributed by atoms with van der Waals surface area (Å²) in [6, 6.07) is 1.01. The van der Waals surface area contributed by atoms with Crippen LogP contribution in [0.5, 0.6) is 0 Å². The molecule has 8 heteroatoms. The van der Waals surface area contributed by atoms with E-state index >= 15 is 0 Å². The van der Waals surface area contributed by atoms with Gasteiger partial charge in [0, 0.05) is 11.6 Å². The molecule has 0 aliphatic carbocycles. The summed E-state index contributed by atoms with van der Waals surface area (Å²) in [6.45, 7) is 4.29. The Bertz CT molecular complexity index is 567. The zero-order valence-corrected chi connectivity index (χ0v) is 10.6. The van der Waals surface area contributed by atoms with Gasteiger partial charge in [-0.3, -0.25) is 20.2 Å². The second kappa shape index (κ2) is 5.42. The number of nitro benzene ring substituents is 2. The van der Waals surface area contributed by atoms with Crippen LogP contribution in [-0.2, 0) is 4.74 Å². The maximum absolute atomic E-state index is 11.7. The Kier molecular flexibility index (Phi) is 4.15. The highest BCUT2D eigenvalue weighted by molar-refractivity contribution is 5.93. The van der Waals surface area contributed by atoms with Crippen molar-refractivity contribution in [3.8, 4) is 0 Å². The number of benzene rings is 1. The normalized spacial score (nSPS) is 10.1. The van der Waals surface area contributed by atoms with Gasteiger partial charge >= 0.3 is 5.97 Å². The number of carbonyl (C=O) groups is 1. The molecule has 19 heavy (non-hydrogen) atoms. The maximum atomic E-state index is 11.7. The van der Waals surface area contributed by atoms with Gasteiger partial charge in [0.05, 0.1) is 22.0 Å². The molecule has 0 N–H and O–H groups in total. The monoisotopic (exact) mass is 268 g/mol. The summed E-state index contributed by atoms with van der Waals surface area (Å²) in [5.74, 6) is -0.814. The maximum Gasteiger partial charge on any atom is 0.338 e. The predicted molar refractivity (Wildman–Crippen MR) is 65.2 cm³/mol. The molecule has 0 fully saturated rings. The fraction of sp³-hybridized carbons (Fsp3) is 0.364. The third-order valence-corrected chi connectivity index (χ3v) is 2.65. The molecule has 8 nitrogen and oxygen atoms in total. The molecule has 0 aliphatic heterocycles. The van der Waals surface area contributed by atoms with Crippen LogP contribution in [0.1, 0.15) is 28.4 Å². The standard InChI is InChI=1S/C11H12N2O6/c1-4-19-11(14)8-5-9(12(15)16)7(3)10(6(8)2)13(17)18/h5H,4H2,1-3H3. The lowest BCUT2D eigenvalue weighted by atomic mass is 10.0. The first kappa shape index (κ1) is 14.6. The largest absolute Gasteiger partial charge is 0.462 e. The minimum Gasteiger partial charge on any atom is -0.462 e. The zero-order chi connectivity index (χ0) is 14.7. The first-order chi connectivity index (χ1) is 8.81. The number of hydrogen-bond acceptors (Lipinski definition) is 6. The van der Waals surface area contributed by atoms with Crippen molar-refractivity contribution in [2.45, 2.75) is 20.8 Å². The Morgan fingerprint density at radius 1 is 1.21 bits per heavy atom. The summed E-state index contributed by atoms with van der Waals surface area (Å²) in [7, 11) is 0. The molecule has 1 rings (SSSR count). The summed E-state index contributed by atoms with van der Waals surface area (Å²) in [5.41, 5.74) is -1.09. The summed E-state index contributed by atoms with van der Waals surface area (Å²) in [6.07, 6.45) is 0. The number of esters is 1. The van der Waals surface area contributed by atoms with Crippen LogP contribution in [-0.4, -0.2) is 22.4 Å². The van der Waals surface area contributed by atoms with Gasteiger partial charge in [-0.25, -0.2) is 4.79 Å². The zero-order valence-electron chi connectivity index (χ0n) is 10.6. The van der Waals surface area contributed by atoms with Crippen molar-refractivity contribution >= 4 is 17.3 Å². The minimum atomic E-state index is -0.814. The van der Waals surface area contributed by atoms with Crippen LogP contribution in [0.2, 0.25) is 0 Å². The molecule has 0 radical (unpaired) electrons. The number of rotatable bonds is 4. The van der Waals surface area contributed by atoms with E-state index in [0.717, 1.165) is 6.07 Å². The predicted octanol–water partition coefficient (Wildman–Crippen LogP) is 2.30. The Labute approximate surface area is 108 Å². The Morgan fingerprint density at radius 2 is 1.79 bits per heavy atom. The summed E-state index contributed by atoms with van der Waals surface area (Å²) in [4.78, 5) is 32.0. The van der Waals surface area contributed by atoms with Gasteiger partial charge in [0.1, 0.15) is 5.56 Å². The summed E-state index contributed by atoms with van der Waals surface area (Å²) in [5, 5.41) is 21.9. The van der Waals surface area contributed by atoms with Crippen molar-refractivity contribution in [3.63, 3.8) is 0 Å². The molecule has 1 aromatic rings. The smallest absolute Gasteiger partial charge is 0.338 e. The fourth-order valence-electron chi connectivity index (χ4n) is 1.77. The van der Waals surface area contributed by atoms with E-state index in [0.29, 0.717) is 0 Å². The fourth-order valence-corrected chi connectivity index (χ4v) is 1.77. The van der Waals surface area contributed by atoms with Crippen LogP contribution in [0.4, 0.5) is 11.4 Å². The molecule has 0 saturated carbocycles. The molecule has 0 spiro atoms. The molecule has 0 saturated heterocycles.